The third kappa shape index (κ3) is 6.82. The smallest absolute Gasteiger partial charge is 0.372 e. The van der Waals surface area contributed by atoms with Crippen LogP contribution < -0.4 is 10.0 Å². The first-order chi connectivity index (χ1) is 13.1. The van der Waals surface area contributed by atoms with Crippen LogP contribution in [0.3, 0.4) is 0 Å². The van der Waals surface area contributed by atoms with Crippen molar-refractivity contribution >= 4 is 27.3 Å². The van der Waals surface area contributed by atoms with Gasteiger partial charge in [0, 0.05) is 0 Å². The highest BCUT2D eigenvalue weighted by atomic mass is 32.2. The van der Waals surface area contributed by atoms with E-state index in [1.54, 1.807) is 0 Å². The lowest BCUT2D eigenvalue weighted by molar-refractivity contribution is -0.174. The molecule has 0 saturated heterocycles. The Hall–Kier alpha value is -2.66. The molecule has 2 aromatic carbocycles. The molecule has 11 heteroatoms. The summed E-state index contributed by atoms with van der Waals surface area (Å²) in [6.07, 6.45) is -4.84. The van der Waals surface area contributed by atoms with Gasteiger partial charge in [-0.2, -0.15) is 13.2 Å². The summed E-state index contributed by atoms with van der Waals surface area (Å²) in [5.41, 5.74) is 0.144. The number of amides is 1. The Balaban J connectivity index is 2.02. The molecule has 0 aliphatic heterocycles. The summed E-state index contributed by atoms with van der Waals surface area (Å²) in [6, 6.07) is 9.99. The summed E-state index contributed by atoms with van der Waals surface area (Å²) in [5.74, 6) is -1.25. The molecule has 0 heterocycles. The number of alkyl halides is 3. The molecule has 1 amide bonds. The molecule has 6 nitrogen and oxygen atoms in total. The summed E-state index contributed by atoms with van der Waals surface area (Å²) >= 11 is 0. The quantitative estimate of drug-likeness (QED) is 0.506. The van der Waals surface area contributed by atoms with Gasteiger partial charge < -0.3 is 10.1 Å². The molecule has 2 aromatic rings. The predicted octanol–water partition coefficient (Wildman–Crippen LogP) is 3.53. The first-order valence-corrected chi connectivity index (χ1v) is 9.37. The highest BCUT2D eigenvalue weighted by Gasteiger charge is 2.27. The number of hydrogen-bond acceptors (Lipinski definition) is 4. The van der Waals surface area contributed by atoms with Crippen molar-refractivity contribution in [3.05, 3.63) is 54.3 Å². The zero-order valence-corrected chi connectivity index (χ0v) is 15.1. The second kappa shape index (κ2) is 9.02. The summed E-state index contributed by atoms with van der Waals surface area (Å²) < 4.78 is 80.3. The fourth-order valence-electron chi connectivity index (χ4n) is 2.06. The van der Waals surface area contributed by atoms with E-state index >= 15 is 0 Å². The number of ether oxygens (including phenoxy) is 1. The maximum Gasteiger partial charge on any atom is 0.411 e. The van der Waals surface area contributed by atoms with Crippen molar-refractivity contribution < 1.29 is 35.5 Å². The molecule has 0 aliphatic rings. The SMILES string of the molecule is O=C(CCOCC(F)(F)F)Nc1ccccc1NS(=O)(=O)c1ccc(F)cc1. The fraction of sp³-hybridized carbons (Fsp3) is 0.235. The molecule has 152 valence electrons. The molecule has 28 heavy (non-hydrogen) atoms. The first kappa shape index (κ1) is 21.6. The summed E-state index contributed by atoms with van der Waals surface area (Å²) in [6.45, 7) is -1.91. The Morgan fingerprint density at radius 2 is 1.61 bits per heavy atom. The lowest BCUT2D eigenvalue weighted by Crippen LogP contribution is -2.21. The van der Waals surface area contributed by atoms with Crippen LogP contribution >= 0.6 is 0 Å². The van der Waals surface area contributed by atoms with Crippen molar-refractivity contribution in [1.82, 2.24) is 0 Å². The minimum Gasteiger partial charge on any atom is -0.372 e. The van der Waals surface area contributed by atoms with Crippen LogP contribution in [0.25, 0.3) is 0 Å². The molecule has 0 aliphatic carbocycles. The standard InChI is InChI=1S/C17H16F4N2O4S/c18-12-5-7-13(8-6-12)28(25,26)23-15-4-2-1-3-14(15)22-16(24)9-10-27-11-17(19,20)21/h1-8,23H,9-11H2,(H,22,24). The Labute approximate surface area is 158 Å². The lowest BCUT2D eigenvalue weighted by atomic mass is 10.2. The molecule has 0 radical (unpaired) electrons. The largest absolute Gasteiger partial charge is 0.411 e. The second-order valence-corrected chi connectivity index (χ2v) is 7.25. The number of sulfonamides is 1. The molecule has 0 fully saturated rings. The van der Waals surface area contributed by atoms with Crippen molar-refractivity contribution in [2.45, 2.75) is 17.5 Å². The number of para-hydroxylation sites is 2. The highest BCUT2D eigenvalue weighted by molar-refractivity contribution is 7.92. The Morgan fingerprint density at radius 3 is 2.21 bits per heavy atom. The summed E-state index contributed by atoms with van der Waals surface area (Å²) in [4.78, 5) is 11.7. The topological polar surface area (TPSA) is 84.5 Å². The van der Waals surface area contributed by atoms with Gasteiger partial charge in [0.15, 0.2) is 0 Å². The van der Waals surface area contributed by atoms with E-state index in [1.165, 1.54) is 24.3 Å². The Morgan fingerprint density at radius 1 is 1.00 bits per heavy atom. The van der Waals surface area contributed by atoms with Crippen LogP contribution in [0, 0.1) is 5.82 Å². The fourth-order valence-corrected chi connectivity index (χ4v) is 3.14. The van der Waals surface area contributed by atoms with Gasteiger partial charge in [-0.05, 0) is 36.4 Å². The average Bonchev–Trinajstić information content (AvgIpc) is 2.60. The number of anilines is 2. The molecule has 0 saturated carbocycles. The number of nitrogens with one attached hydrogen (secondary N) is 2. The van der Waals surface area contributed by atoms with Crippen molar-refractivity contribution in [1.29, 1.82) is 0 Å². The van der Waals surface area contributed by atoms with E-state index in [4.69, 9.17) is 0 Å². The predicted molar refractivity (Wildman–Crippen MR) is 93.8 cm³/mol. The molecule has 2 N–H and O–H groups in total. The maximum absolute atomic E-state index is 13.0. The zero-order valence-electron chi connectivity index (χ0n) is 14.3. The number of rotatable bonds is 8. The summed E-state index contributed by atoms with van der Waals surface area (Å²) in [7, 11) is -4.04. The molecular weight excluding hydrogens is 404 g/mol. The number of carbonyl (C=O) groups excluding carboxylic acids is 1. The van der Waals surface area contributed by atoms with Gasteiger partial charge in [-0.3, -0.25) is 9.52 Å². The van der Waals surface area contributed by atoms with Crippen molar-refractivity contribution in [3.8, 4) is 0 Å². The molecule has 0 atom stereocenters. The van der Waals surface area contributed by atoms with E-state index in [0.29, 0.717) is 0 Å². The van der Waals surface area contributed by atoms with E-state index in [0.717, 1.165) is 24.3 Å². The van der Waals surface area contributed by atoms with E-state index < -0.39 is 41.1 Å². The van der Waals surface area contributed by atoms with E-state index in [1.807, 2.05) is 0 Å². The number of halogens is 4. The number of benzene rings is 2. The molecule has 0 unspecified atom stereocenters. The summed E-state index contributed by atoms with van der Waals surface area (Å²) in [5, 5.41) is 2.40. The highest BCUT2D eigenvalue weighted by Crippen LogP contribution is 2.24. The minimum atomic E-state index is -4.48. The van der Waals surface area contributed by atoms with Gasteiger partial charge in [0.05, 0.1) is 29.3 Å². The van der Waals surface area contributed by atoms with Crippen molar-refractivity contribution in [3.63, 3.8) is 0 Å². The number of hydrogen-bond donors (Lipinski definition) is 2. The van der Waals surface area contributed by atoms with Crippen LogP contribution in [-0.2, 0) is 19.6 Å². The average molecular weight is 420 g/mol. The molecular formula is C17H16F4N2O4S. The molecule has 0 aromatic heterocycles. The van der Waals surface area contributed by atoms with Gasteiger partial charge in [-0.15, -0.1) is 0 Å². The first-order valence-electron chi connectivity index (χ1n) is 7.88. The van der Waals surface area contributed by atoms with E-state index in [9.17, 15) is 30.8 Å². The zero-order chi connectivity index (χ0) is 20.8. The van der Waals surface area contributed by atoms with Crippen molar-refractivity contribution in [2.24, 2.45) is 0 Å². The molecule has 2 rings (SSSR count). The van der Waals surface area contributed by atoms with Gasteiger partial charge in [0.2, 0.25) is 5.91 Å². The van der Waals surface area contributed by atoms with Gasteiger partial charge in [0.1, 0.15) is 12.4 Å². The van der Waals surface area contributed by atoms with Gasteiger partial charge in [-0.25, -0.2) is 12.8 Å². The third-order valence-corrected chi connectivity index (χ3v) is 4.69. The molecule has 0 bridgehead atoms. The van der Waals surface area contributed by atoms with Crippen LogP contribution in [0.15, 0.2) is 53.4 Å². The maximum atomic E-state index is 13.0. The van der Waals surface area contributed by atoms with E-state index in [-0.39, 0.29) is 22.7 Å². The third-order valence-electron chi connectivity index (χ3n) is 3.31. The van der Waals surface area contributed by atoms with Crippen LogP contribution in [0.4, 0.5) is 28.9 Å². The second-order valence-electron chi connectivity index (χ2n) is 5.57. The van der Waals surface area contributed by atoms with E-state index in [2.05, 4.69) is 14.8 Å². The van der Waals surface area contributed by atoms with Crippen LogP contribution in [-0.4, -0.2) is 33.7 Å². The molecule has 0 spiro atoms. The van der Waals surface area contributed by atoms with Gasteiger partial charge in [-0.1, -0.05) is 12.1 Å². The minimum absolute atomic E-state index is 0.0383. The van der Waals surface area contributed by atoms with Crippen LogP contribution in [0.5, 0.6) is 0 Å². The van der Waals surface area contributed by atoms with Crippen LogP contribution in [0.2, 0.25) is 0 Å². The van der Waals surface area contributed by atoms with Crippen LogP contribution in [0.1, 0.15) is 6.42 Å². The van der Waals surface area contributed by atoms with Crippen molar-refractivity contribution in [2.75, 3.05) is 23.3 Å². The van der Waals surface area contributed by atoms with Gasteiger partial charge >= 0.3 is 6.18 Å². The van der Waals surface area contributed by atoms with Gasteiger partial charge in [0.25, 0.3) is 10.0 Å². The number of carbonyl (C=O) groups is 1. The Kier molecular flexibility index (Phi) is 6.97. The monoisotopic (exact) mass is 420 g/mol. The lowest BCUT2D eigenvalue weighted by Gasteiger charge is -2.14. The Bertz CT molecular complexity index is 915. The normalized spacial score (nSPS) is 11.9.